The Bertz CT molecular complexity index is 130. The second-order valence-corrected chi connectivity index (χ2v) is 3.00. The normalized spacial score (nSPS) is 14.8. The molecule has 0 spiro atoms. The fourth-order valence-corrected chi connectivity index (χ4v) is 1.24. The van der Waals surface area contributed by atoms with E-state index in [-0.39, 0.29) is 23.1 Å². The maximum absolute atomic E-state index is 2.89. The smallest absolute Gasteiger partial charge is 0.328 e. The van der Waals surface area contributed by atoms with Crippen LogP contribution in [0, 0.1) is 12.5 Å². The number of hydrogen-bond donors (Lipinski definition) is 0. The molecule has 1 aliphatic rings. The second kappa shape index (κ2) is 10.1. The molecule has 2 rings (SSSR count). The minimum absolute atomic E-state index is 0. The van der Waals surface area contributed by atoms with Gasteiger partial charge in [0.2, 0.25) is 0 Å². The van der Waals surface area contributed by atoms with Crippen LogP contribution in [0.3, 0.4) is 0 Å². The van der Waals surface area contributed by atoms with Crippen molar-refractivity contribution in [3.05, 3.63) is 42.8 Å². The van der Waals surface area contributed by atoms with E-state index >= 15 is 0 Å². The summed E-state index contributed by atoms with van der Waals surface area (Å²) in [7, 11) is 0. The molecule has 1 aliphatic carbocycles. The molecule has 66 valence electrons. The van der Waals surface area contributed by atoms with Crippen molar-refractivity contribution in [1.29, 1.82) is 0 Å². The van der Waals surface area contributed by atoms with Gasteiger partial charge in [0.15, 0.2) is 0 Å². The van der Waals surface area contributed by atoms with E-state index in [1.165, 1.54) is 32.1 Å². The van der Waals surface area contributed by atoms with Crippen LogP contribution in [0.2, 0.25) is 0 Å². The second-order valence-electron chi connectivity index (χ2n) is 3.00. The first-order valence-electron chi connectivity index (χ1n) is 4.73. The largest absolute Gasteiger partial charge is 2.00 e. The van der Waals surface area contributed by atoms with Gasteiger partial charge in [0.25, 0.3) is 0 Å². The average molecular weight is 185 g/mol. The Hall–Kier alpha value is -0.0138. The molecule has 1 saturated carbocycles. The summed E-state index contributed by atoms with van der Waals surface area (Å²) < 4.78 is 0. The summed E-state index contributed by atoms with van der Waals surface area (Å²) in [6.45, 7) is 0. The van der Waals surface area contributed by atoms with E-state index in [0.29, 0.717) is 0 Å². The van der Waals surface area contributed by atoms with Crippen LogP contribution in [0.25, 0.3) is 0 Å². The van der Waals surface area contributed by atoms with Gasteiger partial charge in [0.1, 0.15) is 0 Å². The molecule has 0 saturated heterocycles. The summed E-state index contributed by atoms with van der Waals surface area (Å²) in [5, 5.41) is 0. The zero-order chi connectivity index (χ0) is 8.49. The Morgan fingerprint density at radius 3 is 1.62 bits per heavy atom. The van der Waals surface area contributed by atoms with Crippen LogP contribution in [-0.4, -0.2) is 23.1 Å². The third kappa shape index (κ3) is 8.32. The first kappa shape index (κ1) is 13.0. The van der Waals surface area contributed by atoms with Gasteiger partial charge < -0.3 is 6.42 Å². The fraction of sp³-hybridized carbons (Fsp3) is 0.417. The van der Waals surface area contributed by atoms with E-state index in [0.717, 1.165) is 0 Å². The van der Waals surface area contributed by atoms with Crippen LogP contribution >= 0.6 is 0 Å². The predicted molar refractivity (Wildman–Crippen MR) is 58.4 cm³/mol. The summed E-state index contributed by atoms with van der Waals surface area (Å²) >= 11 is 0. The van der Waals surface area contributed by atoms with Crippen LogP contribution in [0.4, 0.5) is 0 Å². The predicted octanol–water partition coefficient (Wildman–Crippen LogP) is 3.26. The van der Waals surface area contributed by atoms with Gasteiger partial charge in [-0.25, -0.2) is 0 Å². The molecule has 0 amide bonds. The van der Waals surface area contributed by atoms with Crippen molar-refractivity contribution in [3.63, 3.8) is 0 Å². The standard InChI is InChI=1S/C6H11.C6H5.Mg/c2*1-2-4-6-5-3-1;/h1H,2-6H2;1-5H;/q2*-1;+2. The summed E-state index contributed by atoms with van der Waals surface area (Å²) in [5.74, 6) is 0. The Balaban J connectivity index is 0.000000206. The first-order valence-corrected chi connectivity index (χ1v) is 4.73. The van der Waals surface area contributed by atoms with Gasteiger partial charge in [-0.2, -0.15) is 49.2 Å². The molecule has 0 aliphatic heterocycles. The van der Waals surface area contributed by atoms with Crippen LogP contribution in [0.1, 0.15) is 32.1 Å². The summed E-state index contributed by atoms with van der Waals surface area (Å²) in [4.78, 5) is 0. The van der Waals surface area contributed by atoms with Crippen LogP contribution < -0.4 is 0 Å². The topological polar surface area (TPSA) is 0 Å². The molecule has 0 N–H and O–H groups in total. The minimum Gasteiger partial charge on any atom is -0.328 e. The molecule has 1 fully saturated rings. The summed E-state index contributed by atoms with van der Waals surface area (Å²) in [5.41, 5.74) is 0. The SMILES string of the molecule is [CH-]1CCCCC1.[Mg+2].[c-]1ccccc1. The van der Waals surface area contributed by atoms with Crippen molar-refractivity contribution in [2.24, 2.45) is 0 Å². The fourth-order valence-electron chi connectivity index (χ4n) is 1.24. The first-order chi connectivity index (χ1) is 6.00. The van der Waals surface area contributed by atoms with Gasteiger partial charge in [-0.1, -0.05) is 19.3 Å². The summed E-state index contributed by atoms with van der Waals surface area (Å²) in [6, 6.07) is 12.5. The van der Waals surface area contributed by atoms with E-state index in [4.69, 9.17) is 0 Å². The van der Waals surface area contributed by atoms with Crippen molar-refractivity contribution in [2.75, 3.05) is 0 Å². The van der Waals surface area contributed by atoms with Gasteiger partial charge in [-0.05, 0) is 0 Å². The van der Waals surface area contributed by atoms with Crippen LogP contribution in [0.5, 0.6) is 0 Å². The molecule has 0 heterocycles. The van der Waals surface area contributed by atoms with Crippen molar-refractivity contribution < 1.29 is 0 Å². The quantitative estimate of drug-likeness (QED) is 0.429. The molecule has 1 aromatic carbocycles. The zero-order valence-electron chi connectivity index (χ0n) is 8.21. The number of hydrogen-bond acceptors (Lipinski definition) is 0. The summed E-state index contributed by atoms with van der Waals surface area (Å²) in [6.07, 6.45) is 9.50. The molecule has 0 atom stereocenters. The molecule has 1 aromatic rings. The van der Waals surface area contributed by atoms with Gasteiger partial charge in [0.05, 0.1) is 0 Å². The van der Waals surface area contributed by atoms with Crippen molar-refractivity contribution in [3.8, 4) is 0 Å². The van der Waals surface area contributed by atoms with E-state index in [1.807, 2.05) is 30.3 Å². The molecule has 0 bridgehead atoms. The molecule has 0 radical (unpaired) electrons. The molecule has 1 heteroatoms. The molecule has 0 unspecified atom stereocenters. The van der Waals surface area contributed by atoms with Gasteiger partial charge in [0, 0.05) is 0 Å². The molecule has 0 aromatic heterocycles. The molecular formula is C12H16Mg. The number of rotatable bonds is 0. The molecule has 0 nitrogen and oxygen atoms in total. The van der Waals surface area contributed by atoms with Crippen LogP contribution in [0.15, 0.2) is 30.3 Å². The van der Waals surface area contributed by atoms with Crippen molar-refractivity contribution >= 4 is 23.1 Å². The Morgan fingerprint density at radius 1 is 0.846 bits per heavy atom. The van der Waals surface area contributed by atoms with Gasteiger partial charge >= 0.3 is 23.1 Å². The third-order valence-electron chi connectivity index (χ3n) is 1.92. The average Bonchev–Trinajstić information content (AvgIpc) is 2.24. The Labute approximate surface area is 97.9 Å². The molecule has 13 heavy (non-hydrogen) atoms. The van der Waals surface area contributed by atoms with E-state index in [2.05, 4.69) is 12.5 Å². The van der Waals surface area contributed by atoms with E-state index in [9.17, 15) is 0 Å². The Kier molecular flexibility index (Phi) is 10.1. The van der Waals surface area contributed by atoms with Crippen LogP contribution in [-0.2, 0) is 0 Å². The number of benzene rings is 1. The monoisotopic (exact) mass is 184 g/mol. The van der Waals surface area contributed by atoms with Crippen molar-refractivity contribution in [1.82, 2.24) is 0 Å². The Morgan fingerprint density at radius 2 is 1.46 bits per heavy atom. The van der Waals surface area contributed by atoms with Crippen molar-refractivity contribution in [2.45, 2.75) is 32.1 Å². The van der Waals surface area contributed by atoms with Gasteiger partial charge in [-0.3, -0.25) is 0 Å². The third-order valence-corrected chi connectivity index (χ3v) is 1.92. The minimum atomic E-state index is 0. The van der Waals surface area contributed by atoms with E-state index in [1.54, 1.807) is 0 Å². The maximum Gasteiger partial charge on any atom is 2.00 e. The molecular weight excluding hydrogens is 168 g/mol. The van der Waals surface area contributed by atoms with E-state index < -0.39 is 0 Å². The van der Waals surface area contributed by atoms with Gasteiger partial charge in [-0.15, -0.1) is 0 Å². The zero-order valence-corrected chi connectivity index (χ0v) is 9.62. The maximum atomic E-state index is 2.89.